The van der Waals surface area contributed by atoms with Crippen LogP contribution >= 0.6 is 0 Å². The van der Waals surface area contributed by atoms with Gasteiger partial charge in [0.25, 0.3) is 5.91 Å². The van der Waals surface area contributed by atoms with E-state index >= 15 is 0 Å². The third-order valence-electron chi connectivity index (χ3n) is 2.96. The Hall–Kier alpha value is -1.90. The van der Waals surface area contributed by atoms with Crippen molar-refractivity contribution < 1.29 is 13.9 Å². The zero-order valence-corrected chi connectivity index (χ0v) is 11.2. The van der Waals surface area contributed by atoms with Crippen molar-refractivity contribution in [1.82, 2.24) is 10.2 Å². The molecule has 106 valence electrons. The Balaban J connectivity index is 1.71. The second-order valence-corrected chi connectivity index (χ2v) is 4.44. The minimum absolute atomic E-state index is 0.264. The number of rotatable bonds is 3. The molecule has 4 nitrogen and oxygen atoms in total. The van der Waals surface area contributed by atoms with Gasteiger partial charge in [-0.2, -0.15) is 0 Å². The van der Waals surface area contributed by atoms with Crippen molar-refractivity contribution in [3.8, 4) is 11.8 Å². The van der Waals surface area contributed by atoms with E-state index < -0.39 is 5.82 Å². The second kappa shape index (κ2) is 7.63. The Morgan fingerprint density at radius 2 is 2.15 bits per heavy atom. The number of carbonyl (C=O) groups is 1. The van der Waals surface area contributed by atoms with Gasteiger partial charge in [-0.25, -0.2) is 4.39 Å². The first kappa shape index (κ1) is 14.5. The Kier molecular flexibility index (Phi) is 5.54. The van der Waals surface area contributed by atoms with E-state index in [4.69, 9.17) is 4.74 Å². The zero-order valence-electron chi connectivity index (χ0n) is 11.2. The van der Waals surface area contributed by atoms with Gasteiger partial charge in [0.2, 0.25) is 0 Å². The molecule has 0 atom stereocenters. The molecule has 0 unspecified atom stereocenters. The van der Waals surface area contributed by atoms with E-state index in [1.165, 1.54) is 18.2 Å². The van der Waals surface area contributed by atoms with Crippen molar-refractivity contribution in [2.75, 3.05) is 39.4 Å². The van der Waals surface area contributed by atoms with Crippen LogP contribution in [0.25, 0.3) is 0 Å². The van der Waals surface area contributed by atoms with Crippen LogP contribution in [0.1, 0.15) is 10.4 Å². The Morgan fingerprint density at radius 1 is 1.35 bits per heavy atom. The molecule has 0 spiro atoms. The van der Waals surface area contributed by atoms with Gasteiger partial charge in [-0.05, 0) is 18.2 Å². The first-order valence-corrected chi connectivity index (χ1v) is 6.55. The number of hydrogen-bond donors (Lipinski definition) is 1. The molecule has 1 aromatic rings. The van der Waals surface area contributed by atoms with Gasteiger partial charge >= 0.3 is 0 Å². The summed E-state index contributed by atoms with van der Waals surface area (Å²) in [6, 6.07) is 5.59. The third kappa shape index (κ3) is 4.65. The van der Waals surface area contributed by atoms with Crippen LogP contribution in [0.3, 0.4) is 0 Å². The number of halogens is 1. The average molecular weight is 276 g/mol. The highest BCUT2D eigenvalue weighted by atomic mass is 19.1. The molecule has 1 heterocycles. The van der Waals surface area contributed by atoms with E-state index in [-0.39, 0.29) is 12.5 Å². The maximum absolute atomic E-state index is 13.0. The zero-order chi connectivity index (χ0) is 14.2. The molecule has 0 saturated carbocycles. The molecule has 20 heavy (non-hydrogen) atoms. The van der Waals surface area contributed by atoms with E-state index in [2.05, 4.69) is 22.1 Å². The number of ether oxygens (including phenoxy) is 1. The number of nitrogens with zero attached hydrogens (tertiary/aromatic N) is 1. The Labute approximate surface area is 117 Å². The molecule has 5 heteroatoms. The smallest absolute Gasteiger partial charge is 0.252 e. The first-order chi connectivity index (χ1) is 9.75. The molecule has 1 N–H and O–H groups in total. The molecular weight excluding hydrogens is 259 g/mol. The van der Waals surface area contributed by atoms with Crippen LogP contribution in [0.15, 0.2) is 24.3 Å². The molecule has 1 aliphatic heterocycles. The summed E-state index contributed by atoms with van der Waals surface area (Å²) in [5.41, 5.74) is 0.306. The van der Waals surface area contributed by atoms with Crippen molar-refractivity contribution in [2.45, 2.75) is 0 Å². The van der Waals surface area contributed by atoms with Crippen LogP contribution in [0.4, 0.5) is 4.39 Å². The number of morpholine rings is 1. The molecule has 1 fully saturated rings. The second-order valence-electron chi connectivity index (χ2n) is 4.44. The highest BCUT2D eigenvalue weighted by molar-refractivity contribution is 5.94. The molecule has 0 bridgehead atoms. The van der Waals surface area contributed by atoms with Gasteiger partial charge in [-0.3, -0.25) is 9.69 Å². The van der Waals surface area contributed by atoms with Gasteiger partial charge in [-0.1, -0.05) is 17.9 Å². The van der Waals surface area contributed by atoms with Crippen LogP contribution in [-0.4, -0.2) is 50.2 Å². The minimum Gasteiger partial charge on any atom is -0.379 e. The van der Waals surface area contributed by atoms with Gasteiger partial charge in [0.05, 0.1) is 26.3 Å². The average Bonchev–Trinajstić information content (AvgIpc) is 2.48. The summed E-state index contributed by atoms with van der Waals surface area (Å²) >= 11 is 0. The summed E-state index contributed by atoms with van der Waals surface area (Å²) in [6.45, 7) is 4.23. The highest BCUT2D eigenvalue weighted by Gasteiger charge is 2.07. The standard InChI is InChI=1S/C15H17FN2O2/c16-14-5-3-4-13(12-14)15(19)17-6-1-2-7-18-8-10-20-11-9-18/h3-5,12H,6-11H2,(H,17,19). The largest absolute Gasteiger partial charge is 0.379 e. The molecule has 1 aromatic carbocycles. The van der Waals surface area contributed by atoms with Crippen LogP contribution < -0.4 is 5.32 Å². The van der Waals surface area contributed by atoms with Crippen LogP contribution in [-0.2, 0) is 4.74 Å². The summed E-state index contributed by atoms with van der Waals surface area (Å²) in [5.74, 6) is 5.16. The molecule has 1 aliphatic rings. The van der Waals surface area contributed by atoms with Crippen molar-refractivity contribution in [3.05, 3.63) is 35.6 Å². The third-order valence-corrected chi connectivity index (χ3v) is 2.96. The summed E-state index contributed by atoms with van der Waals surface area (Å²) in [4.78, 5) is 13.9. The van der Waals surface area contributed by atoms with Gasteiger partial charge in [0, 0.05) is 18.7 Å². The molecular formula is C15H17FN2O2. The highest BCUT2D eigenvalue weighted by Crippen LogP contribution is 2.02. The molecule has 2 rings (SSSR count). The van der Waals surface area contributed by atoms with Crippen molar-refractivity contribution in [2.24, 2.45) is 0 Å². The summed E-state index contributed by atoms with van der Waals surface area (Å²) in [6.07, 6.45) is 0. The molecule has 1 amide bonds. The maximum Gasteiger partial charge on any atom is 0.252 e. The van der Waals surface area contributed by atoms with Gasteiger partial charge in [-0.15, -0.1) is 0 Å². The van der Waals surface area contributed by atoms with E-state index in [0.29, 0.717) is 12.1 Å². The van der Waals surface area contributed by atoms with Gasteiger partial charge in [0.15, 0.2) is 0 Å². The molecule has 0 radical (unpaired) electrons. The summed E-state index contributed by atoms with van der Waals surface area (Å²) in [7, 11) is 0. The number of carbonyl (C=O) groups excluding carboxylic acids is 1. The van der Waals surface area contributed by atoms with Crippen molar-refractivity contribution in [1.29, 1.82) is 0 Å². The van der Waals surface area contributed by atoms with Gasteiger partial charge < -0.3 is 10.1 Å². The number of amides is 1. The lowest BCUT2D eigenvalue weighted by Gasteiger charge is -2.24. The fraction of sp³-hybridized carbons (Fsp3) is 0.400. The van der Waals surface area contributed by atoms with E-state index in [1.54, 1.807) is 6.07 Å². The quantitative estimate of drug-likeness (QED) is 0.834. The van der Waals surface area contributed by atoms with Crippen molar-refractivity contribution in [3.63, 3.8) is 0 Å². The summed E-state index contributed by atoms with van der Waals surface area (Å²) in [5, 5.41) is 2.64. The number of benzene rings is 1. The fourth-order valence-electron chi connectivity index (χ4n) is 1.85. The lowest BCUT2D eigenvalue weighted by molar-refractivity contribution is 0.0443. The van der Waals surface area contributed by atoms with E-state index in [0.717, 1.165) is 26.3 Å². The van der Waals surface area contributed by atoms with Crippen LogP contribution in [0.2, 0.25) is 0 Å². The minimum atomic E-state index is -0.420. The van der Waals surface area contributed by atoms with Crippen LogP contribution in [0, 0.1) is 17.7 Å². The first-order valence-electron chi connectivity index (χ1n) is 6.55. The topological polar surface area (TPSA) is 41.6 Å². The van der Waals surface area contributed by atoms with Crippen LogP contribution in [0.5, 0.6) is 0 Å². The van der Waals surface area contributed by atoms with E-state index in [1.807, 2.05) is 0 Å². The Morgan fingerprint density at radius 3 is 2.90 bits per heavy atom. The van der Waals surface area contributed by atoms with E-state index in [9.17, 15) is 9.18 Å². The van der Waals surface area contributed by atoms with Gasteiger partial charge in [0.1, 0.15) is 5.82 Å². The van der Waals surface area contributed by atoms with Crippen molar-refractivity contribution >= 4 is 5.91 Å². The molecule has 1 saturated heterocycles. The molecule has 0 aliphatic carbocycles. The maximum atomic E-state index is 13.0. The summed E-state index contributed by atoms with van der Waals surface area (Å²) < 4.78 is 18.2. The normalized spacial score (nSPS) is 15.2. The number of hydrogen-bond acceptors (Lipinski definition) is 3. The predicted octanol–water partition coefficient (Wildman–Crippen LogP) is 0.891. The monoisotopic (exact) mass is 276 g/mol. The lowest BCUT2D eigenvalue weighted by Crippen LogP contribution is -2.36. The fourth-order valence-corrected chi connectivity index (χ4v) is 1.85. The lowest BCUT2D eigenvalue weighted by atomic mass is 10.2. The SMILES string of the molecule is O=C(NCC#CCN1CCOCC1)c1cccc(F)c1. The number of nitrogens with one attached hydrogen (secondary N) is 1. The Bertz CT molecular complexity index is 516. The predicted molar refractivity (Wildman–Crippen MR) is 73.8 cm³/mol. The molecule has 0 aromatic heterocycles.